The number of hydrogen-bond acceptors (Lipinski definition) is 6. The number of ketones is 1. The molecule has 8 nitrogen and oxygen atoms in total. The molecule has 1 aliphatic rings. The van der Waals surface area contributed by atoms with Crippen LogP contribution in [0.4, 0.5) is 5.69 Å². The second-order valence-corrected chi connectivity index (χ2v) is 8.34. The van der Waals surface area contributed by atoms with Gasteiger partial charge in [-0.1, -0.05) is 24.3 Å². The van der Waals surface area contributed by atoms with Gasteiger partial charge in [0, 0.05) is 58.1 Å². The third-order valence-corrected chi connectivity index (χ3v) is 5.81. The Hall–Kier alpha value is -3.68. The molecule has 0 saturated carbocycles. The van der Waals surface area contributed by atoms with Crippen LogP contribution in [0, 0.1) is 0 Å². The molecule has 8 heteroatoms. The maximum atomic E-state index is 13.2. The molecule has 2 amide bonds. The first-order valence-corrected chi connectivity index (χ1v) is 11.0. The monoisotopic (exact) mass is 449 g/mol. The molecule has 0 aromatic heterocycles. The van der Waals surface area contributed by atoms with Crippen LogP contribution in [0.25, 0.3) is 0 Å². The molecule has 0 bridgehead atoms. The summed E-state index contributed by atoms with van der Waals surface area (Å²) in [6.45, 7) is 4.81. The number of carbonyl (C=O) groups is 3. The van der Waals surface area contributed by atoms with E-state index in [1.165, 1.54) is 0 Å². The van der Waals surface area contributed by atoms with E-state index in [0.29, 0.717) is 36.4 Å². The van der Waals surface area contributed by atoms with Crippen LogP contribution >= 0.6 is 0 Å². The molecule has 1 heterocycles. The highest BCUT2D eigenvalue weighted by atomic mass is 16.2. The van der Waals surface area contributed by atoms with Crippen molar-refractivity contribution in [2.24, 2.45) is 5.10 Å². The predicted molar refractivity (Wildman–Crippen MR) is 130 cm³/mol. The standard InChI is InChI=1S/C25H31N5O3/c1-17-16-29(24(32)19-9-7-6-8-10-19)13-14-30(17)25(33)23(31)21-12-11-20(18(2)27-26-3)15-22(21)28(4)5/h6-12,15,17,26H,13-14,16H2,1-5H3/b27-18+. The number of rotatable bonds is 6. The summed E-state index contributed by atoms with van der Waals surface area (Å²) in [5.74, 6) is -1.17. The van der Waals surface area contributed by atoms with E-state index < -0.39 is 11.7 Å². The zero-order valence-electron chi connectivity index (χ0n) is 19.8. The molecule has 3 rings (SSSR count). The fourth-order valence-electron chi connectivity index (χ4n) is 4.00. The fraction of sp³-hybridized carbons (Fsp3) is 0.360. The van der Waals surface area contributed by atoms with Gasteiger partial charge in [0.2, 0.25) is 0 Å². The van der Waals surface area contributed by atoms with Crippen molar-refractivity contribution in [1.82, 2.24) is 15.2 Å². The molecule has 0 spiro atoms. The van der Waals surface area contributed by atoms with Crippen molar-refractivity contribution in [1.29, 1.82) is 0 Å². The first-order chi connectivity index (χ1) is 15.7. The summed E-state index contributed by atoms with van der Waals surface area (Å²) in [6, 6.07) is 14.1. The van der Waals surface area contributed by atoms with Crippen LogP contribution in [0.5, 0.6) is 0 Å². The summed E-state index contributed by atoms with van der Waals surface area (Å²) in [7, 11) is 5.39. The summed E-state index contributed by atoms with van der Waals surface area (Å²) in [6.07, 6.45) is 0. The smallest absolute Gasteiger partial charge is 0.295 e. The average molecular weight is 450 g/mol. The van der Waals surface area contributed by atoms with E-state index in [0.717, 1.165) is 11.3 Å². The van der Waals surface area contributed by atoms with Gasteiger partial charge in [0.05, 0.1) is 11.3 Å². The molecular formula is C25H31N5O3. The molecule has 0 radical (unpaired) electrons. The van der Waals surface area contributed by atoms with E-state index in [1.807, 2.05) is 57.1 Å². The van der Waals surface area contributed by atoms with Crippen LogP contribution in [-0.2, 0) is 4.79 Å². The Kier molecular flexibility index (Phi) is 7.48. The van der Waals surface area contributed by atoms with Crippen LogP contribution in [0.2, 0.25) is 0 Å². The third-order valence-electron chi connectivity index (χ3n) is 5.81. The van der Waals surface area contributed by atoms with Gasteiger partial charge in [-0.15, -0.1) is 0 Å². The molecule has 1 N–H and O–H groups in total. The number of Topliss-reactive ketones (excluding diaryl/α,β-unsaturated/α-hetero) is 1. The lowest BCUT2D eigenvalue weighted by Crippen LogP contribution is -2.56. The zero-order valence-corrected chi connectivity index (χ0v) is 19.8. The van der Waals surface area contributed by atoms with Crippen molar-refractivity contribution in [3.05, 3.63) is 65.2 Å². The summed E-state index contributed by atoms with van der Waals surface area (Å²) in [5.41, 5.74) is 6.02. The first-order valence-electron chi connectivity index (χ1n) is 11.0. The van der Waals surface area contributed by atoms with Crippen molar-refractivity contribution in [2.75, 3.05) is 45.7 Å². The molecule has 1 saturated heterocycles. The van der Waals surface area contributed by atoms with Crippen molar-refractivity contribution in [3.63, 3.8) is 0 Å². The lowest BCUT2D eigenvalue weighted by molar-refractivity contribution is -0.130. The number of hydrazone groups is 1. The number of hydrogen-bond donors (Lipinski definition) is 1. The molecule has 1 aliphatic heterocycles. The number of benzene rings is 2. The zero-order chi connectivity index (χ0) is 24.1. The molecule has 33 heavy (non-hydrogen) atoms. The predicted octanol–water partition coefficient (Wildman–Crippen LogP) is 2.25. The van der Waals surface area contributed by atoms with Gasteiger partial charge in [0.1, 0.15) is 0 Å². The van der Waals surface area contributed by atoms with E-state index >= 15 is 0 Å². The summed E-state index contributed by atoms with van der Waals surface area (Å²) in [5, 5.41) is 4.19. The Morgan fingerprint density at radius 2 is 1.73 bits per heavy atom. The van der Waals surface area contributed by atoms with Crippen molar-refractivity contribution < 1.29 is 14.4 Å². The number of piperazine rings is 1. The summed E-state index contributed by atoms with van der Waals surface area (Å²) in [4.78, 5) is 44.3. The topological polar surface area (TPSA) is 85.3 Å². The second kappa shape index (κ2) is 10.3. The van der Waals surface area contributed by atoms with E-state index in [-0.39, 0.29) is 11.9 Å². The van der Waals surface area contributed by atoms with Crippen LogP contribution in [-0.4, -0.2) is 79.9 Å². The van der Waals surface area contributed by atoms with Gasteiger partial charge >= 0.3 is 0 Å². The Labute approximate surface area is 194 Å². The number of carbonyl (C=O) groups excluding carboxylic acids is 3. The molecule has 0 aliphatic carbocycles. The Balaban J connectivity index is 1.77. The van der Waals surface area contributed by atoms with Crippen molar-refractivity contribution >= 4 is 29.0 Å². The van der Waals surface area contributed by atoms with Crippen LogP contribution in [0.3, 0.4) is 0 Å². The van der Waals surface area contributed by atoms with Crippen LogP contribution < -0.4 is 10.3 Å². The summed E-state index contributed by atoms with van der Waals surface area (Å²) < 4.78 is 0. The van der Waals surface area contributed by atoms with E-state index in [2.05, 4.69) is 10.5 Å². The second-order valence-electron chi connectivity index (χ2n) is 8.34. The van der Waals surface area contributed by atoms with Crippen LogP contribution in [0.1, 0.15) is 40.1 Å². The van der Waals surface area contributed by atoms with Gasteiger partial charge in [-0.3, -0.25) is 14.4 Å². The van der Waals surface area contributed by atoms with Gasteiger partial charge < -0.3 is 20.1 Å². The Bertz CT molecular complexity index is 1060. The largest absolute Gasteiger partial charge is 0.377 e. The molecule has 1 atom stereocenters. The highest BCUT2D eigenvalue weighted by molar-refractivity contribution is 6.44. The minimum atomic E-state index is -0.553. The van der Waals surface area contributed by atoms with E-state index in [4.69, 9.17) is 0 Å². The Morgan fingerprint density at radius 3 is 2.33 bits per heavy atom. The fourth-order valence-corrected chi connectivity index (χ4v) is 4.00. The third kappa shape index (κ3) is 5.22. The minimum Gasteiger partial charge on any atom is -0.377 e. The van der Waals surface area contributed by atoms with Gasteiger partial charge in [-0.2, -0.15) is 5.10 Å². The van der Waals surface area contributed by atoms with Crippen molar-refractivity contribution in [2.45, 2.75) is 19.9 Å². The van der Waals surface area contributed by atoms with E-state index in [9.17, 15) is 14.4 Å². The minimum absolute atomic E-state index is 0.0649. The van der Waals surface area contributed by atoms with Gasteiger partial charge in [0.25, 0.3) is 17.6 Å². The molecular weight excluding hydrogens is 418 g/mol. The highest BCUT2D eigenvalue weighted by Gasteiger charge is 2.34. The molecule has 1 fully saturated rings. The lowest BCUT2D eigenvalue weighted by atomic mass is 10.0. The van der Waals surface area contributed by atoms with Gasteiger partial charge in [0.15, 0.2) is 0 Å². The Morgan fingerprint density at radius 1 is 1.03 bits per heavy atom. The quantitative estimate of drug-likeness (QED) is 0.316. The van der Waals surface area contributed by atoms with Gasteiger partial charge in [-0.05, 0) is 43.7 Å². The molecule has 174 valence electrons. The maximum Gasteiger partial charge on any atom is 0.295 e. The highest BCUT2D eigenvalue weighted by Crippen LogP contribution is 2.24. The maximum absolute atomic E-state index is 13.2. The SMILES string of the molecule is CN/N=C(\C)c1ccc(C(=O)C(=O)N2CCN(C(=O)c3ccccc3)CC2C)c(N(C)C)c1. The molecule has 2 aromatic carbocycles. The van der Waals surface area contributed by atoms with E-state index in [1.54, 1.807) is 41.1 Å². The first kappa shape index (κ1) is 24.0. The molecule has 2 aromatic rings. The number of nitrogens with zero attached hydrogens (tertiary/aromatic N) is 4. The number of nitrogens with one attached hydrogen (secondary N) is 1. The normalized spacial score (nSPS) is 16.4. The average Bonchev–Trinajstić information content (AvgIpc) is 2.82. The lowest BCUT2D eigenvalue weighted by Gasteiger charge is -2.39. The van der Waals surface area contributed by atoms with Gasteiger partial charge in [-0.25, -0.2) is 0 Å². The number of amides is 2. The summed E-state index contributed by atoms with van der Waals surface area (Å²) >= 11 is 0. The number of anilines is 1. The van der Waals surface area contributed by atoms with Crippen molar-refractivity contribution in [3.8, 4) is 0 Å². The molecule has 1 unspecified atom stereocenters. The van der Waals surface area contributed by atoms with Crippen LogP contribution in [0.15, 0.2) is 53.6 Å².